The Hall–Kier alpha value is -3.90. The number of hydrogen-bond acceptors (Lipinski definition) is 3. The molecule has 1 heterocycles. The monoisotopic (exact) mass is 440 g/mol. The summed E-state index contributed by atoms with van der Waals surface area (Å²) in [5, 5.41) is 6.30. The molecular weight excluding hydrogens is 412 g/mol. The molecule has 0 spiro atoms. The van der Waals surface area contributed by atoms with Crippen molar-refractivity contribution in [2.75, 3.05) is 5.32 Å². The van der Waals surface area contributed by atoms with Gasteiger partial charge in [0.1, 0.15) is 5.69 Å². The quantitative estimate of drug-likeness (QED) is 0.453. The summed E-state index contributed by atoms with van der Waals surface area (Å²) in [6.07, 6.45) is 0. The molecule has 0 fully saturated rings. The van der Waals surface area contributed by atoms with Crippen molar-refractivity contribution in [2.24, 2.45) is 7.05 Å². The number of carbonyl (C=O) groups excluding carboxylic acids is 1. The minimum absolute atomic E-state index is 0.161. The van der Waals surface area contributed by atoms with Crippen LogP contribution >= 0.6 is 0 Å². The number of benzene rings is 3. The Balaban J connectivity index is 1.58. The van der Waals surface area contributed by atoms with Crippen LogP contribution in [0.15, 0.2) is 95.8 Å². The zero-order chi connectivity index (χ0) is 23.4. The van der Waals surface area contributed by atoms with Gasteiger partial charge in [-0.05, 0) is 37.1 Å². The summed E-state index contributed by atoms with van der Waals surface area (Å²) < 4.78 is 3.31. The minimum atomic E-state index is -0.542. The van der Waals surface area contributed by atoms with Crippen LogP contribution in [0.4, 0.5) is 5.69 Å². The van der Waals surface area contributed by atoms with Crippen LogP contribution in [0.1, 0.15) is 29.8 Å². The first-order valence-electron chi connectivity index (χ1n) is 11.0. The summed E-state index contributed by atoms with van der Waals surface area (Å²) in [5.74, 6) is -0.266. The largest absolute Gasteiger partial charge is 0.319 e. The Labute approximate surface area is 193 Å². The van der Waals surface area contributed by atoms with E-state index < -0.39 is 6.04 Å². The number of rotatable bonds is 7. The zero-order valence-corrected chi connectivity index (χ0v) is 19.0. The third-order valence-corrected chi connectivity index (χ3v) is 5.88. The second-order valence-electron chi connectivity index (χ2n) is 8.07. The molecule has 0 saturated carbocycles. The highest BCUT2D eigenvalue weighted by molar-refractivity contribution is 5.95. The number of anilines is 1. The van der Waals surface area contributed by atoms with E-state index in [1.54, 1.807) is 9.36 Å². The van der Waals surface area contributed by atoms with E-state index in [1.807, 2.05) is 112 Å². The van der Waals surface area contributed by atoms with Crippen LogP contribution in [0.3, 0.4) is 0 Å². The van der Waals surface area contributed by atoms with E-state index in [4.69, 9.17) is 0 Å². The zero-order valence-electron chi connectivity index (χ0n) is 19.0. The van der Waals surface area contributed by atoms with Gasteiger partial charge in [-0.1, -0.05) is 78.9 Å². The Morgan fingerprint density at radius 3 is 1.82 bits per heavy atom. The van der Waals surface area contributed by atoms with E-state index in [9.17, 15) is 9.59 Å². The highest BCUT2D eigenvalue weighted by Crippen LogP contribution is 2.23. The fourth-order valence-electron chi connectivity index (χ4n) is 3.95. The van der Waals surface area contributed by atoms with E-state index in [-0.39, 0.29) is 23.2 Å². The number of nitrogens with zero attached hydrogens (tertiary/aromatic N) is 2. The van der Waals surface area contributed by atoms with Crippen LogP contribution in [0.5, 0.6) is 0 Å². The fourth-order valence-corrected chi connectivity index (χ4v) is 3.95. The molecule has 1 atom stereocenters. The van der Waals surface area contributed by atoms with E-state index >= 15 is 0 Å². The lowest BCUT2D eigenvalue weighted by Crippen LogP contribution is -2.41. The molecule has 0 bridgehead atoms. The molecule has 0 saturated heterocycles. The maximum Gasteiger partial charge on any atom is 0.295 e. The topological polar surface area (TPSA) is 68.1 Å². The fraction of sp³-hybridized carbons (Fsp3) is 0.185. The number of nitrogens with one attached hydrogen (secondary N) is 2. The lowest BCUT2D eigenvalue weighted by atomic mass is 9.98. The van der Waals surface area contributed by atoms with Gasteiger partial charge < -0.3 is 5.32 Å². The maximum atomic E-state index is 13.1. The average molecular weight is 441 g/mol. The van der Waals surface area contributed by atoms with Crippen molar-refractivity contribution in [1.29, 1.82) is 0 Å². The number of hydrogen-bond donors (Lipinski definition) is 2. The molecule has 33 heavy (non-hydrogen) atoms. The maximum absolute atomic E-state index is 13.1. The molecule has 1 unspecified atom stereocenters. The molecule has 6 nitrogen and oxygen atoms in total. The highest BCUT2D eigenvalue weighted by Gasteiger charge is 2.24. The highest BCUT2D eigenvalue weighted by atomic mass is 16.2. The first kappa shape index (κ1) is 22.3. The summed E-state index contributed by atoms with van der Waals surface area (Å²) in [7, 11) is 1.81. The molecule has 4 rings (SSSR count). The average Bonchev–Trinajstić information content (AvgIpc) is 3.06. The summed E-state index contributed by atoms with van der Waals surface area (Å²) in [4.78, 5) is 26.3. The lowest BCUT2D eigenvalue weighted by molar-refractivity contribution is -0.117. The Kier molecular flexibility index (Phi) is 6.56. The summed E-state index contributed by atoms with van der Waals surface area (Å²) in [5.41, 5.74) is 3.58. The molecule has 3 aromatic carbocycles. The van der Waals surface area contributed by atoms with Gasteiger partial charge in [0, 0.05) is 7.05 Å². The molecule has 0 aliphatic heterocycles. The van der Waals surface area contributed by atoms with Crippen molar-refractivity contribution < 1.29 is 4.79 Å². The molecule has 0 aliphatic carbocycles. The predicted octanol–water partition coefficient (Wildman–Crippen LogP) is 4.19. The number of amides is 1. The summed E-state index contributed by atoms with van der Waals surface area (Å²) in [6.45, 7) is 3.63. The smallest absolute Gasteiger partial charge is 0.295 e. The standard InChI is InChI=1S/C27H28N4O2/c1-19(28-25(21-13-7-4-8-14-21)22-15-9-5-10-16-22)26(32)29-24-20(2)30(3)31(27(24)33)23-17-11-6-12-18-23/h4-19,25,28H,1-3H3,(H,29,32). The number of carbonyl (C=O) groups is 1. The van der Waals surface area contributed by atoms with Crippen LogP contribution in [0, 0.1) is 6.92 Å². The van der Waals surface area contributed by atoms with Gasteiger partial charge in [0.25, 0.3) is 5.56 Å². The van der Waals surface area contributed by atoms with Crippen molar-refractivity contribution in [3.05, 3.63) is 118 Å². The van der Waals surface area contributed by atoms with E-state index in [0.29, 0.717) is 5.69 Å². The van der Waals surface area contributed by atoms with Crippen molar-refractivity contribution >= 4 is 11.6 Å². The Morgan fingerprint density at radius 2 is 1.30 bits per heavy atom. The number of para-hydroxylation sites is 1. The van der Waals surface area contributed by atoms with Gasteiger partial charge in [0.15, 0.2) is 0 Å². The molecule has 2 N–H and O–H groups in total. The molecule has 1 aromatic heterocycles. The normalized spacial score (nSPS) is 12.0. The van der Waals surface area contributed by atoms with Gasteiger partial charge in [-0.2, -0.15) is 0 Å². The molecule has 168 valence electrons. The van der Waals surface area contributed by atoms with Gasteiger partial charge >= 0.3 is 0 Å². The van der Waals surface area contributed by atoms with Gasteiger partial charge in [-0.25, -0.2) is 4.68 Å². The van der Waals surface area contributed by atoms with Gasteiger partial charge in [0.2, 0.25) is 5.91 Å². The second kappa shape index (κ2) is 9.71. The van der Waals surface area contributed by atoms with Gasteiger partial charge in [-0.15, -0.1) is 0 Å². The van der Waals surface area contributed by atoms with E-state index in [0.717, 1.165) is 16.8 Å². The molecule has 4 aromatic rings. The molecule has 6 heteroatoms. The van der Waals surface area contributed by atoms with Crippen LogP contribution in [0.25, 0.3) is 5.69 Å². The first-order chi connectivity index (χ1) is 16.0. The third kappa shape index (κ3) is 4.66. The van der Waals surface area contributed by atoms with Crippen LogP contribution in [-0.2, 0) is 11.8 Å². The SMILES string of the molecule is Cc1c(NC(=O)C(C)NC(c2ccccc2)c2ccccc2)c(=O)n(-c2ccccc2)n1C. The lowest BCUT2D eigenvalue weighted by Gasteiger charge is -2.24. The first-order valence-corrected chi connectivity index (χ1v) is 11.0. The van der Waals surface area contributed by atoms with Crippen molar-refractivity contribution in [3.63, 3.8) is 0 Å². The molecule has 0 radical (unpaired) electrons. The number of aromatic nitrogens is 2. The third-order valence-electron chi connectivity index (χ3n) is 5.88. The van der Waals surface area contributed by atoms with Crippen molar-refractivity contribution in [1.82, 2.24) is 14.7 Å². The second-order valence-corrected chi connectivity index (χ2v) is 8.07. The van der Waals surface area contributed by atoms with Crippen LogP contribution in [0.2, 0.25) is 0 Å². The molecule has 0 aliphatic rings. The van der Waals surface area contributed by atoms with Crippen LogP contribution in [-0.4, -0.2) is 21.3 Å². The van der Waals surface area contributed by atoms with Gasteiger partial charge in [0.05, 0.1) is 23.5 Å². The molecule has 1 amide bonds. The van der Waals surface area contributed by atoms with Gasteiger partial charge in [-0.3, -0.25) is 19.6 Å². The Bertz CT molecular complexity index is 1240. The Morgan fingerprint density at radius 1 is 0.818 bits per heavy atom. The van der Waals surface area contributed by atoms with E-state index in [2.05, 4.69) is 10.6 Å². The molecular formula is C27H28N4O2. The van der Waals surface area contributed by atoms with Crippen LogP contribution < -0.4 is 16.2 Å². The summed E-state index contributed by atoms with van der Waals surface area (Å²) in [6, 6.07) is 28.7. The predicted molar refractivity (Wildman–Crippen MR) is 132 cm³/mol. The van der Waals surface area contributed by atoms with Crippen molar-refractivity contribution in [3.8, 4) is 5.69 Å². The minimum Gasteiger partial charge on any atom is -0.319 e. The van der Waals surface area contributed by atoms with Crippen molar-refractivity contribution in [2.45, 2.75) is 25.9 Å². The van der Waals surface area contributed by atoms with E-state index in [1.165, 1.54) is 0 Å². The summed E-state index contributed by atoms with van der Waals surface area (Å²) >= 11 is 0.